The van der Waals surface area contributed by atoms with Crippen LogP contribution in [-0.4, -0.2) is 28.7 Å². The standard InChI is InChI=1S/C16H24ClNO/c1-13(19)11-15-8-3-2-6-10-18(15)12-14-7-4-5-9-16(14)17/h4-5,7,9,13,15,19H,2-3,6,8,10-12H2,1H3. The zero-order valence-corrected chi connectivity index (χ0v) is 12.4. The normalized spacial score (nSPS) is 23.0. The molecule has 106 valence electrons. The minimum Gasteiger partial charge on any atom is -0.393 e. The predicted molar refractivity (Wildman–Crippen MR) is 80.4 cm³/mol. The number of hydrogen-bond acceptors (Lipinski definition) is 2. The number of nitrogens with zero attached hydrogens (tertiary/aromatic N) is 1. The van der Waals surface area contributed by atoms with E-state index < -0.39 is 0 Å². The SMILES string of the molecule is CC(O)CC1CCCCCN1Cc1ccccc1Cl. The minimum absolute atomic E-state index is 0.225. The summed E-state index contributed by atoms with van der Waals surface area (Å²) in [4.78, 5) is 2.50. The maximum atomic E-state index is 9.68. The van der Waals surface area contributed by atoms with Crippen LogP contribution < -0.4 is 0 Å². The Kier molecular flexibility index (Phi) is 5.68. The summed E-state index contributed by atoms with van der Waals surface area (Å²) in [6.07, 6.45) is 5.66. The fraction of sp³-hybridized carbons (Fsp3) is 0.625. The summed E-state index contributed by atoms with van der Waals surface area (Å²) < 4.78 is 0. The fourth-order valence-corrected chi connectivity index (χ4v) is 3.15. The number of likely N-dealkylation sites (tertiary alicyclic amines) is 1. The van der Waals surface area contributed by atoms with Crippen molar-refractivity contribution in [1.29, 1.82) is 0 Å². The largest absolute Gasteiger partial charge is 0.393 e. The second-order valence-electron chi connectivity index (χ2n) is 5.65. The van der Waals surface area contributed by atoms with Crippen molar-refractivity contribution in [1.82, 2.24) is 4.90 Å². The van der Waals surface area contributed by atoms with E-state index in [4.69, 9.17) is 11.6 Å². The summed E-state index contributed by atoms with van der Waals surface area (Å²) in [6, 6.07) is 8.56. The van der Waals surface area contributed by atoms with Gasteiger partial charge in [0.15, 0.2) is 0 Å². The Hall–Kier alpha value is -0.570. The Morgan fingerprint density at radius 1 is 1.32 bits per heavy atom. The summed E-state index contributed by atoms with van der Waals surface area (Å²) in [5.74, 6) is 0. The molecule has 1 N–H and O–H groups in total. The highest BCUT2D eigenvalue weighted by Gasteiger charge is 2.22. The lowest BCUT2D eigenvalue weighted by Gasteiger charge is -2.31. The molecule has 1 aliphatic heterocycles. The van der Waals surface area contributed by atoms with E-state index in [0.29, 0.717) is 6.04 Å². The second-order valence-corrected chi connectivity index (χ2v) is 6.06. The third kappa shape index (κ3) is 4.48. The number of halogens is 1. The van der Waals surface area contributed by atoms with Gasteiger partial charge in [-0.2, -0.15) is 0 Å². The average Bonchev–Trinajstić information content (AvgIpc) is 2.58. The van der Waals surface area contributed by atoms with Crippen molar-refractivity contribution in [3.63, 3.8) is 0 Å². The van der Waals surface area contributed by atoms with Crippen LogP contribution in [0.5, 0.6) is 0 Å². The molecular weight excluding hydrogens is 258 g/mol. The molecule has 0 spiro atoms. The van der Waals surface area contributed by atoms with Crippen molar-refractivity contribution in [2.45, 2.75) is 57.7 Å². The van der Waals surface area contributed by atoms with Crippen molar-refractivity contribution in [3.05, 3.63) is 34.9 Å². The van der Waals surface area contributed by atoms with Crippen LogP contribution in [0.25, 0.3) is 0 Å². The summed E-state index contributed by atoms with van der Waals surface area (Å²) in [7, 11) is 0. The van der Waals surface area contributed by atoms with Gasteiger partial charge in [-0.05, 0) is 44.4 Å². The van der Waals surface area contributed by atoms with Gasteiger partial charge in [-0.25, -0.2) is 0 Å². The van der Waals surface area contributed by atoms with Gasteiger partial charge in [-0.3, -0.25) is 4.90 Å². The van der Waals surface area contributed by atoms with Crippen LogP contribution in [0.2, 0.25) is 5.02 Å². The van der Waals surface area contributed by atoms with Crippen LogP contribution in [0.15, 0.2) is 24.3 Å². The maximum absolute atomic E-state index is 9.68. The zero-order valence-electron chi connectivity index (χ0n) is 11.7. The Labute approximate surface area is 121 Å². The molecule has 1 aromatic rings. The lowest BCUT2D eigenvalue weighted by molar-refractivity contribution is 0.108. The highest BCUT2D eigenvalue weighted by Crippen LogP contribution is 2.25. The van der Waals surface area contributed by atoms with Crippen molar-refractivity contribution >= 4 is 11.6 Å². The van der Waals surface area contributed by atoms with Gasteiger partial charge in [0, 0.05) is 17.6 Å². The highest BCUT2D eigenvalue weighted by atomic mass is 35.5. The summed E-state index contributed by atoms with van der Waals surface area (Å²) in [6.45, 7) is 3.90. The van der Waals surface area contributed by atoms with E-state index in [9.17, 15) is 5.11 Å². The van der Waals surface area contributed by atoms with E-state index in [1.807, 2.05) is 25.1 Å². The van der Waals surface area contributed by atoms with Gasteiger partial charge >= 0.3 is 0 Å². The fourth-order valence-electron chi connectivity index (χ4n) is 2.95. The van der Waals surface area contributed by atoms with Gasteiger partial charge in [0.1, 0.15) is 0 Å². The molecule has 0 amide bonds. The summed E-state index contributed by atoms with van der Waals surface area (Å²) >= 11 is 6.26. The topological polar surface area (TPSA) is 23.5 Å². The van der Waals surface area contributed by atoms with E-state index in [0.717, 1.165) is 24.5 Å². The van der Waals surface area contributed by atoms with Gasteiger partial charge in [-0.15, -0.1) is 0 Å². The molecule has 0 aromatic heterocycles. The van der Waals surface area contributed by atoms with Crippen molar-refractivity contribution < 1.29 is 5.11 Å². The number of aliphatic hydroxyl groups excluding tert-OH is 1. The molecule has 2 nitrogen and oxygen atoms in total. The molecule has 0 radical (unpaired) electrons. The molecule has 1 aliphatic rings. The highest BCUT2D eigenvalue weighted by molar-refractivity contribution is 6.31. The molecule has 3 heteroatoms. The number of aliphatic hydroxyl groups is 1. The maximum Gasteiger partial charge on any atom is 0.0527 e. The van der Waals surface area contributed by atoms with E-state index >= 15 is 0 Å². The first-order chi connectivity index (χ1) is 9.16. The van der Waals surface area contributed by atoms with E-state index in [-0.39, 0.29) is 6.10 Å². The van der Waals surface area contributed by atoms with Crippen LogP contribution >= 0.6 is 11.6 Å². The minimum atomic E-state index is -0.225. The third-order valence-corrected chi connectivity index (χ3v) is 4.31. The predicted octanol–water partition coefficient (Wildman–Crippen LogP) is 3.86. The first kappa shape index (κ1) is 14.8. The van der Waals surface area contributed by atoms with Crippen LogP contribution in [0.1, 0.15) is 44.6 Å². The Morgan fingerprint density at radius 2 is 2.11 bits per heavy atom. The number of rotatable bonds is 4. The van der Waals surface area contributed by atoms with Crippen molar-refractivity contribution in [3.8, 4) is 0 Å². The monoisotopic (exact) mass is 281 g/mol. The molecule has 0 aliphatic carbocycles. The van der Waals surface area contributed by atoms with Gasteiger partial charge < -0.3 is 5.11 Å². The zero-order chi connectivity index (χ0) is 13.7. The summed E-state index contributed by atoms with van der Waals surface area (Å²) in [5, 5.41) is 10.5. The Bertz CT molecular complexity index is 394. The molecule has 1 saturated heterocycles. The number of benzene rings is 1. The first-order valence-electron chi connectivity index (χ1n) is 7.32. The third-order valence-electron chi connectivity index (χ3n) is 3.94. The molecule has 1 aromatic carbocycles. The molecule has 1 fully saturated rings. The summed E-state index contributed by atoms with van der Waals surface area (Å²) in [5.41, 5.74) is 1.20. The van der Waals surface area contributed by atoms with Gasteiger partial charge in [0.05, 0.1) is 6.10 Å². The van der Waals surface area contributed by atoms with Gasteiger partial charge in [-0.1, -0.05) is 42.6 Å². The molecule has 2 unspecified atom stereocenters. The molecule has 2 atom stereocenters. The van der Waals surface area contributed by atoms with E-state index in [2.05, 4.69) is 11.0 Å². The number of hydrogen-bond donors (Lipinski definition) is 1. The van der Waals surface area contributed by atoms with E-state index in [1.165, 1.54) is 31.2 Å². The van der Waals surface area contributed by atoms with Gasteiger partial charge in [0.25, 0.3) is 0 Å². The molecule has 2 rings (SSSR count). The first-order valence-corrected chi connectivity index (χ1v) is 7.70. The van der Waals surface area contributed by atoms with Crippen molar-refractivity contribution in [2.24, 2.45) is 0 Å². The van der Waals surface area contributed by atoms with Gasteiger partial charge in [0.2, 0.25) is 0 Å². The lowest BCUT2D eigenvalue weighted by atomic mass is 10.0. The molecular formula is C16H24ClNO. The van der Waals surface area contributed by atoms with Crippen molar-refractivity contribution in [2.75, 3.05) is 6.54 Å². The molecule has 0 saturated carbocycles. The molecule has 0 bridgehead atoms. The smallest absolute Gasteiger partial charge is 0.0527 e. The van der Waals surface area contributed by atoms with Crippen LogP contribution in [-0.2, 0) is 6.54 Å². The molecule has 1 heterocycles. The molecule has 19 heavy (non-hydrogen) atoms. The van der Waals surface area contributed by atoms with Crippen LogP contribution in [0.3, 0.4) is 0 Å². The average molecular weight is 282 g/mol. The van der Waals surface area contributed by atoms with E-state index in [1.54, 1.807) is 0 Å². The Morgan fingerprint density at radius 3 is 2.84 bits per heavy atom. The quantitative estimate of drug-likeness (QED) is 0.906. The second kappa shape index (κ2) is 7.28. The van der Waals surface area contributed by atoms with Crippen LogP contribution in [0.4, 0.5) is 0 Å². The Balaban J connectivity index is 2.07. The van der Waals surface area contributed by atoms with Crippen LogP contribution in [0, 0.1) is 0 Å². The lowest BCUT2D eigenvalue weighted by Crippen LogP contribution is -2.36.